The number of para-hydroxylation sites is 2. The molecule has 3 heterocycles. The maximum atomic E-state index is 4.97. The molecule has 7 aromatic rings. The van der Waals surface area contributed by atoms with Crippen LogP contribution in [-0.4, -0.2) is 15.0 Å². The third-order valence-electron chi connectivity index (χ3n) is 10.5. The van der Waals surface area contributed by atoms with Crippen LogP contribution in [0, 0.1) is 0 Å². The van der Waals surface area contributed by atoms with Crippen LogP contribution < -0.4 is 10.2 Å². The zero-order chi connectivity index (χ0) is 34.0. The summed E-state index contributed by atoms with van der Waals surface area (Å²) in [5.41, 5.74) is 13.5. The van der Waals surface area contributed by atoms with Gasteiger partial charge in [-0.2, -0.15) is 0 Å². The van der Waals surface area contributed by atoms with Crippen LogP contribution in [0.5, 0.6) is 0 Å². The van der Waals surface area contributed by atoms with Gasteiger partial charge in [0.1, 0.15) is 0 Å². The number of nitrogens with zero attached hydrogens (tertiary/aromatic N) is 4. The average molecular weight is 648 g/mol. The van der Waals surface area contributed by atoms with E-state index in [0.29, 0.717) is 17.5 Å². The second kappa shape index (κ2) is 11.2. The molecular weight excluding hydrogens is 611 g/mol. The van der Waals surface area contributed by atoms with Gasteiger partial charge in [-0.25, -0.2) is 15.0 Å². The van der Waals surface area contributed by atoms with Gasteiger partial charge in [-0.05, 0) is 59.2 Å². The van der Waals surface area contributed by atoms with Gasteiger partial charge in [-0.15, -0.1) is 0 Å². The van der Waals surface area contributed by atoms with Gasteiger partial charge in [-0.3, -0.25) is 0 Å². The Kier molecular flexibility index (Phi) is 6.75. The highest BCUT2D eigenvalue weighted by molar-refractivity contribution is 5.93. The van der Waals surface area contributed by atoms with E-state index in [2.05, 4.69) is 123 Å². The summed E-state index contributed by atoms with van der Waals surface area (Å²) in [5, 5.41) is 3.90. The minimum absolute atomic E-state index is 0.145. The summed E-state index contributed by atoms with van der Waals surface area (Å²) >= 11 is 0. The smallest absolute Gasteiger partial charge is 0.164 e. The van der Waals surface area contributed by atoms with Crippen LogP contribution in [0.15, 0.2) is 146 Å². The molecule has 6 aromatic carbocycles. The molecule has 0 spiro atoms. The molecule has 0 fully saturated rings. The van der Waals surface area contributed by atoms with Gasteiger partial charge in [0.15, 0.2) is 17.5 Å². The first-order valence-corrected chi connectivity index (χ1v) is 17.2. The topological polar surface area (TPSA) is 53.9 Å². The molecule has 0 aliphatic carbocycles. The molecule has 0 saturated carbocycles. The van der Waals surface area contributed by atoms with Gasteiger partial charge in [0.25, 0.3) is 0 Å². The van der Waals surface area contributed by atoms with E-state index in [0.717, 1.165) is 22.4 Å². The van der Waals surface area contributed by atoms with E-state index in [1.807, 2.05) is 60.7 Å². The molecular formula is C45H37N5. The Morgan fingerprint density at radius 2 is 0.960 bits per heavy atom. The summed E-state index contributed by atoms with van der Waals surface area (Å²) < 4.78 is 0. The third-order valence-corrected chi connectivity index (χ3v) is 10.5. The lowest BCUT2D eigenvalue weighted by Gasteiger charge is -2.46. The van der Waals surface area contributed by atoms with Crippen molar-refractivity contribution >= 4 is 28.4 Å². The quantitative estimate of drug-likeness (QED) is 0.206. The molecule has 0 radical (unpaired) electrons. The molecule has 2 aliphatic heterocycles. The minimum atomic E-state index is -0.240. The van der Waals surface area contributed by atoms with Crippen molar-refractivity contribution in [1.82, 2.24) is 15.0 Å². The van der Waals surface area contributed by atoms with Gasteiger partial charge >= 0.3 is 0 Å². The average Bonchev–Trinajstić information content (AvgIpc) is 3.15. The summed E-state index contributed by atoms with van der Waals surface area (Å²) in [6.07, 6.45) is 0. The molecule has 0 bridgehead atoms. The minimum Gasteiger partial charge on any atom is -0.355 e. The van der Waals surface area contributed by atoms with Crippen LogP contribution >= 0.6 is 0 Å². The van der Waals surface area contributed by atoms with Crippen molar-refractivity contribution < 1.29 is 0 Å². The zero-order valence-corrected chi connectivity index (χ0v) is 28.6. The van der Waals surface area contributed by atoms with Crippen LogP contribution in [0.4, 0.5) is 28.4 Å². The van der Waals surface area contributed by atoms with Crippen molar-refractivity contribution in [2.24, 2.45) is 0 Å². The van der Waals surface area contributed by atoms with Crippen molar-refractivity contribution in [3.05, 3.63) is 168 Å². The maximum absolute atomic E-state index is 4.97. The number of hydrogen-bond donors (Lipinski definition) is 1. The fourth-order valence-corrected chi connectivity index (χ4v) is 7.92. The number of anilines is 5. The first-order chi connectivity index (χ1) is 24.3. The molecule has 0 atom stereocenters. The lowest BCUT2D eigenvalue weighted by molar-refractivity contribution is 0.611. The van der Waals surface area contributed by atoms with Crippen molar-refractivity contribution in [3.63, 3.8) is 0 Å². The summed E-state index contributed by atoms with van der Waals surface area (Å²) in [6, 6.07) is 51.0. The molecule has 9 rings (SSSR count). The van der Waals surface area contributed by atoms with Crippen LogP contribution in [0.1, 0.15) is 49.9 Å². The standard InChI is InChI=1S/C45H37N5/c1-44(2)33-19-11-13-21-36(33)46-40-35(44)27-28-38-39(40)45(3,4)34-20-12-14-22-37(34)50(38)32-25-23-31(24-26-32)43-48-41(29-15-7-5-8-16-29)47-42(49-43)30-17-9-6-10-18-30/h5-28,46H,1-4H3. The highest BCUT2D eigenvalue weighted by atomic mass is 15.2. The predicted octanol–water partition coefficient (Wildman–Crippen LogP) is 11.4. The number of rotatable bonds is 4. The molecule has 1 N–H and O–H groups in total. The molecule has 242 valence electrons. The summed E-state index contributed by atoms with van der Waals surface area (Å²) in [5.74, 6) is 1.95. The molecule has 0 unspecified atom stereocenters. The zero-order valence-electron chi connectivity index (χ0n) is 28.6. The molecule has 0 amide bonds. The van der Waals surface area contributed by atoms with Crippen molar-refractivity contribution in [2.75, 3.05) is 10.2 Å². The first kappa shape index (κ1) is 30.0. The fourth-order valence-electron chi connectivity index (χ4n) is 7.92. The van der Waals surface area contributed by atoms with Crippen LogP contribution in [0.2, 0.25) is 0 Å². The molecule has 0 saturated heterocycles. The van der Waals surface area contributed by atoms with E-state index >= 15 is 0 Å². The number of nitrogens with one attached hydrogen (secondary N) is 1. The van der Waals surface area contributed by atoms with Crippen LogP contribution in [-0.2, 0) is 10.8 Å². The van der Waals surface area contributed by atoms with Crippen molar-refractivity contribution in [2.45, 2.75) is 38.5 Å². The Morgan fingerprint density at radius 3 is 1.58 bits per heavy atom. The van der Waals surface area contributed by atoms with E-state index in [1.165, 1.54) is 45.0 Å². The molecule has 5 heteroatoms. The maximum Gasteiger partial charge on any atom is 0.164 e. The van der Waals surface area contributed by atoms with E-state index in [9.17, 15) is 0 Å². The predicted molar refractivity (Wildman–Crippen MR) is 205 cm³/mol. The second-order valence-corrected chi connectivity index (χ2v) is 14.2. The van der Waals surface area contributed by atoms with Gasteiger partial charge in [0.2, 0.25) is 0 Å². The Balaban J connectivity index is 1.18. The number of fused-ring (bicyclic) bond motifs is 5. The lowest BCUT2D eigenvalue weighted by Crippen LogP contribution is -2.34. The Labute approximate surface area is 293 Å². The Bertz CT molecular complexity index is 2340. The van der Waals surface area contributed by atoms with Crippen LogP contribution in [0.3, 0.4) is 0 Å². The molecule has 5 nitrogen and oxygen atoms in total. The van der Waals surface area contributed by atoms with Crippen molar-refractivity contribution in [1.29, 1.82) is 0 Å². The number of benzene rings is 6. The third kappa shape index (κ3) is 4.65. The van der Waals surface area contributed by atoms with Gasteiger partial charge < -0.3 is 10.2 Å². The lowest BCUT2D eigenvalue weighted by atomic mass is 9.67. The monoisotopic (exact) mass is 647 g/mol. The van der Waals surface area contributed by atoms with Crippen molar-refractivity contribution in [3.8, 4) is 34.2 Å². The van der Waals surface area contributed by atoms with Crippen LogP contribution in [0.25, 0.3) is 34.2 Å². The summed E-state index contributed by atoms with van der Waals surface area (Å²) in [6.45, 7) is 9.39. The SMILES string of the molecule is CC1(C)c2ccccc2Nc2c1ccc1c2C(C)(C)c2ccccc2N1c1ccc(-c2nc(-c3ccccc3)nc(-c3ccccc3)n2)cc1. The summed E-state index contributed by atoms with van der Waals surface area (Å²) in [4.78, 5) is 17.2. The van der Waals surface area contributed by atoms with Gasteiger partial charge in [0.05, 0.1) is 11.4 Å². The Morgan fingerprint density at radius 1 is 0.440 bits per heavy atom. The van der Waals surface area contributed by atoms with E-state index < -0.39 is 0 Å². The molecule has 50 heavy (non-hydrogen) atoms. The fraction of sp³-hybridized carbons (Fsp3) is 0.133. The largest absolute Gasteiger partial charge is 0.355 e. The normalized spacial score (nSPS) is 14.8. The Hall–Kier alpha value is -6.07. The van der Waals surface area contributed by atoms with Gasteiger partial charge in [0, 0.05) is 50.1 Å². The first-order valence-electron chi connectivity index (χ1n) is 17.2. The highest BCUT2D eigenvalue weighted by Gasteiger charge is 2.43. The number of hydrogen-bond acceptors (Lipinski definition) is 5. The highest BCUT2D eigenvalue weighted by Crippen LogP contribution is 2.58. The second-order valence-electron chi connectivity index (χ2n) is 14.2. The number of aromatic nitrogens is 3. The van der Waals surface area contributed by atoms with E-state index in [1.54, 1.807) is 0 Å². The molecule has 1 aromatic heterocycles. The summed E-state index contributed by atoms with van der Waals surface area (Å²) in [7, 11) is 0. The van der Waals surface area contributed by atoms with E-state index in [4.69, 9.17) is 15.0 Å². The van der Waals surface area contributed by atoms with E-state index in [-0.39, 0.29) is 10.8 Å². The molecule has 2 aliphatic rings. The van der Waals surface area contributed by atoms with Gasteiger partial charge in [-0.1, -0.05) is 131 Å².